The van der Waals surface area contributed by atoms with Crippen molar-refractivity contribution in [2.24, 2.45) is 0 Å². The third-order valence-electron chi connectivity index (χ3n) is 11.6. The standard InChI is InChI=1S/C54H33NOS/c1-2-11-37-31-38(21-19-34(37)9-1)35-23-26-41(27-24-35)55(48-15-8-17-50-54(48)46-13-5-6-16-49(46)56-50)42-28-30-51-47(33-42)53-45(14-7-18-52(53)57-51)40-25-29-44-39(32-40)22-20-36-10-3-4-12-43(36)44/h1-33H. The molecule has 2 heterocycles. The maximum absolute atomic E-state index is 6.44. The first-order valence-corrected chi connectivity index (χ1v) is 20.2. The van der Waals surface area contributed by atoms with Gasteiger partial charge in [-0.3, -0.25) is 0 Å². The summed E-state index contributed by atoms with van der Waals surface area (Å²) in [4.78, 5) is 2.40. The van der Waals surface area contributed by atoms with Crippen LogP contribution in [0.5, 0.6) is 0 Å². The van der Waals surface area contributed by atoms with Gasteiger partial charge in [0, 0.05) is 36.9 Å². The highest BCUT2D eigenvalue weighted by molar-refractivity contribution is 7.26. The molecule has 0 bridgehead atoms. The second-order valence-corrected chi connectivity index (χ2v) is 16.0. The molecular weight excluding hydrogens is 711 g/mol. The number of hydrogen-bond acceptors (Lipinski definition) is 3. The summed E-state index contributed by atoms with van der Waals surface area (Å²) in [5, 5.41) is 12.3. The minimum atomic E-state index is 0.875. The highest BCUT2D eigenvalue weighted by atomic mass is 32.1. The lowest BCUT2D eigenvalue weighted by Crippen LogP contribution is -2.10. The van der Waals surface area contributed by atoms with Crippen LogP contribution in [0.2, 0.25) is 0 Å². The lowest BCUT2D eigenvalue weighted by Gasteiger charge is -2.26. The maximum Gasteiger partial charge on any atom is 0.137 e. The summed E-state index contributed by atoms with van der Waals surface area (Å²) in [6.07, 6.45) is 0. The van der Waals surface area contributed by atoms with Crippen molar-refractivity contribution < 1.29 is 4.42 Å². The number of rotatable bonds is 5. The molecule has 57 heavy (non-hydrogen) atoms. The van der Waals surface area contributed by atoms with Crippen LogP contribution in [-0.4, -0.2) is 0 Å². The largest absolute Gasteiger partial charge is 0.456 e. The van der Waals surface area contributed by atoms with Crippen molar-refractivity contribution in [3.63, 3.8) is 0 Å². The lowest BCUT2D eigenvalue weighted by atomic mass is 9.95. The van der Waals surface area contributed by atoms with E-state index in [0.717, 1.165) is 39.0 Å². The Kier molecular flexibility index (Phi) is 7.13. The third kappa shape index (κ3) is 5.17. The molecule has 0 saturated carbocycles. The minimum absolute atomic E-state index is 0.875. The Hall–Kier alpha value is -7.20. The molecule has 10 aromatic carbocycles. The van der Waals surface area contributed by atoms with Crippen LogP contribution in [-0.2, 0) is 0 Å². The van der Waals surface area contributed by atoms with E-state index in [2.05, 4.69) is 199 Å². The molecule has 0 spiro atoms. The number of hydrogen-bond donors (Lipinski definition) is 0. The fraction of sp³-hybridized carbons (Fsp3) is 0. The van der Waals surface area contributed by atoms with Crippen molar-refractivity contribution in [3.8, 4) is 22.3 Å². The summed E-state index contributed by atoms with van der Waals surface area (Å²) in [5.41, 5.74) is 9.88. The van der Waals surface area contributed by atoms with E-state index in [1.807, 2.05) is 17.4 Å². The van der Waals surface area contributed by atoms with Crippen molar-refractivity contribution in [2.75, 3.05) is 4.90 Å². The molecule has 0 amide bonds. The van der Waals surface area contributed by atoms with Gasteiger partial charge in [-0.1, -0.05) is 133 Å². The second kappa shape index (κ2) is 12.7. The topological polar surface area (TPSA) is 16.4 Å². The Bertz CT molecular complexity index is 3540. The van der Waals surface area contributed by atoms with Gasteiger partial charge in [-0.05, 0) is 121 Å². The Morgan fingerprint density at radius 1 is 0.351 bits per heavy atom. The second-order valence-electron chi connectivity index (χ2n) is 14.9. The molecule has 0 aliphatic heterocycles. The van der Waals surface area contributed by atoms with Gasteiger partial charge >= 0.3 is 0 Å². The fourth-order valence-corrected chi connectivity index (χ4v) is 10.0. The number of para-hydroxylation sites is 1. The molecule has 0 aliphatic carbocycles. The van der Waals surface area contributed by atoms with Crippen molar-refractivity contribution in [3.05, 3.63) is 200 Å². The summed E-state index contributed by atoms with van der Waals surface area (Å²) in [6, 6.07) is 72.9. The zero-order valence-corrected chi connectivity index (χ0v) is 31.6. The maximum atomic E-state index is 6.44. The molecule has 2 aromatic heterocycles. The van der Waals surface area contributed by atoms with E-state index in [-0.39, 0.29) is 0 Å². The van der Waals surface area contributed by atoms with Crippen molar-refractivity contribution in [2.45, 2.75) is 0 Å². The zero-order valence-electron chi connectivity index (χ0n) is 30.8. The molecule has 0 radical (unpaired) electrons. The summed E-state index contributed by atoms with van der Waals surface area (Å²) in [6.45, 7) is 0. The molecule has 0 fully saturated rings. The third-order valence-corrected chi connectivity index (χ3v) is 12.8. The van der Waals surface area contributed by atoms with Crippen molar-refractivity contribution >= 4 is 103 Å². The molecule has 0 saturated heterocycles. The predicted octanol–water partition coefficient (Wildman–Crippen LogP) is 16.2. The molecule has 0 aliphatic rings. The van der Waals surface area contributed by atoms with Crippen LogP contribution in [0.15, 0.2) is 205 Å². The molecular formula is C54H33NOS. The zero-order chi connectivity index (χ0) is 37.5. The Labute approximate surface area is 333 Å². The van der Waals surface area contributed by atoms with Gasteiger partial charge in [-0.15, -0.1) is 11.3 Å². The highest BCUT2D eigenvalue weighted by Crippen LogP contribution is 2.47. The summed E-state index contributed by atoms with van der Waals surface area (Å²) >= 11 is 1.86. The Morgan fingerprint density at radius 3 is 1.93 bits per heavy atom. The van der Waals surface area contributed by atoms with Crippen molar-refractivity contribution in [1.82, 2.24) is 0 Å². The molecule has 3 heteroatoms. The van der Waals surface area contributed by atoms with E-state index >= 15 is 0 Å². The van der Waals surface area contributed by atoms with Crippen LogP contribution in [0.3, 0.4) is 0 Å². The monoisotopic (exact) mass is 743 g/mol. The number of anilines is 3. The number of benzene rings is 10. The number of furan rings is 1. The predicted molar refractivity (Wildman–Crippen MR) is 245 cm³/mol. The number of fused-ring (bicyclic) bond motifs is 10. The van der Waals surface area contributed by atoms with E-state index in [4.69, 9.17) is 4.42 Å². The van der Waals surface area contributed by atoms with Gasteiger partial charge < -0.3 is 9.32 Å². The first-order valence-electron chi connectivity index (χ1n) is 19.4. The molecule has 0 N–H and O–H groups in total. The SMILES string of the molecule is c1ccc2cc(-c3ccc(N(c4ccc5sc6cccc(-c7ccc8c(ccc9ccccc98)c7)c6c5c4)c4cccc5oc6ccccc6c45)cc3)ccc2c1. The average molecular weight is 744 g/mol. The molecule has 2 nitrogen and oxygen atoms in total. The summed E-state index contributed by atoms with van der Waals surface area (Å²) in [7, 11) is 0. The van der Waals surface area contributed by atoms with E-state index < -0.39 is 0 Å². The Morgan fingerprint density at radius 2 is 1.02 bits per heavy atom. The lowest BCUT2D eigenvalue weighted by molar-refractivity contribution is 0.669. The van der Waals surface area contributed by atoms with E-state index in [9.17, 15) is 0 Å². The van der Waals surface area contributed by atoms with Crippen molar-refractivity contribution in [1.29, 1.82) is 0 Å². The number of nitrogens with zero attached hydrogens (tertiary/aromatic N) is 1. The van der Waals surface area contributed by atoms with E-state index in [1.165, 1.54) is 74.7 Å². The molecule has 0 atom stereocenters. The minimum Gasteiger partial charge on any atom is -0.456 e. The highest BCUT2D eigenvalue weighted by Gasteiger charge is 2.21. The molecule has 12 rings (SSSR count). The van der Waals surface area contributed by atoms with Gasteiger partial charge in [0.2, 0.25) is 0 Å². The van der Waals surface area contributed by atoms with E-state index in [0.29, 0.717) is 0 Å². The first kappa shape index (κ1) is 32.1. The summed E-state index contributed by atoms with van der Waals surface area (Å²) < 4.78 is 8.99. The smallest absolute Gasteiger partial charge is 0.137 e. The van der Waals surface area contributed by atoms with Gasteiger partial charge in [0.05, 0.1) is 11.1 Å². The summed E-state index contributed by atoms with van der Waals surface area (Å²) in [5.74, 6) is 0. The van der Waals surface area contributed by atoms with Crippen LogP contribution in [0.4, 0.5) is 17.1 Å². The Balaban J connectivity index is 1.05. The van der Waals surface area contributed by atoms with Crippen LogP contribution in [0.1, 0.15) is 0 Å². The van der Waals surface area contributed by atoms with Crippen LogP contribution < -0.4 is 4.90 Å². The normalized spacial score (nSPS) is 11.9. The van der Waals surface area contributed by atoms with Crippen LogP contribution in [0, 0.1) is 0 Å². The van der Waals surface area contributed by atoms with Crippen LogP contribution in [0.25, 0.3) is 96.7 Å². The van der Waals surface area contributed by atoms with Gasteiger partial charge in [0.25, 0.3) is 0 Å². The van der Waals surface area contributed by atoms with Crippen LogP contribution >= 0.6 is 11.3 Å². The van der Waals surface area contributed by atoms with Gasteiger partial charge in [-0.25, -0.2) is 0 Å². The van der Waals surface area contributed by atoms with Gasteiger partial charge in [0.15, 0.2) is 0 Å². The van der Waals surface area contributed by atoms with E-state index in [1.54, 1.807) is 0 Å². The fourth-order valence-electron chi connectivity index (χ4n) is 8.92. The molecule has 12 aromatic rings. The van der Waals surface area contributed by atoms with Gasteiger partial charge in [-0.2, -0.15) is 0 Å². The number of thiophene rings is 1. The molecule has 266 valence electrons. The first-order chi connectivity index (χ1) is 28.2. The quantitative estimate of drug-likeness (QED) is 0.163. The molecule has 0 unspecified atom stereocenters. The van der Waals surface area contributed by atoms with Gasteiger partial charge in [0.1, 0.15) is 11.2 Å². The average Bonchev–Trinajstić information content (AvgIpc) is 3.85.